The number of rotatable bonds is 5. The Balaban J connectivity index is 1.33. The van der Waals surface area contributed by atoms with E-state index < -0.39 is 0 Å². The van der Waals surface area contributed by atoms with Gasteiger partial charge in [0.2, 0.25) is 11.8 Å². The fourth-order valence-corrected chi connectivity index (χ4v) is 4.13. The first-order valence-corrected chi connectivity index (χ1v) is 10.9. The zero-order valence-electron chi connectivity index (χ0n) is 18.7. The van der Waals surface area contributed by atoms with Crippen molar-refractivity contribution in [3.05, 3.63) is 43.0 Å². The number of hydrogen-bond acceptors (Lipinski definition) is 8. The molecule has 10 heteroatoms. The largest absolute Gasteiger partial charge is 0.434 e. The monoisotopic (exact) mass is 446 g/mol. The van der Waals surface area contributed by atoms with Gasteiger partial charge in [-0.25, -0.2) is 9.97 Å². The fraction of sp³-hybridized carbons (Fsp3) is 0.348. The van der Waals surface area contributed by atoms with Gasteiger partial charge in [0, 0.05) is 42.8 Å². The van der Waals surface area contributed by atoms with Gasteiger partial charge < -0.3 is 20.0 Å². The average molecular weight is 447 g/mol. The van der Waals surface area contributed by atoms with E-state index in [0.29, 0.717) is 35.0 Å². The third-order valence-corrected chi connectivity index (χ3v) is 5.89. The highest BCUT2D eigenvalue weighted by molar-refractivity contribution is 5.79. The van der Waals surface area contributed by atoms with Crippen molar-refractivity contribution in [1.82, 2.24) is 34.5 Å². The molecule has 0 aromatic carbocycles. The molecular weight excluding hydrogens is 420 g/mol. The number of anilines is 1. The van der Waals surface area contributed by atoms with Crippen molar-refractivity contribution in [2.24, 2.45) is 0 Å². The van der Waals surface area contributed by atoms with Crippen molar-refractivity contribution in [2.45, 2.75) is 18.9 Å². The van der Waals surface area contributed by atoms with Crippen LogP contribution in [0.2, 0.25) is 0 Å². The van der Waals surface area contributed by atoms with Crippen LogP contribution in [0, 0.1) is 0 Å². The minimum absolute atomic E-state index is 0.175. The van der Waals surface area contributed by atoms with Crippen molar-refractivity contribution in [3.63, 3.8) is 0 Å². The number of likely N-dealkylation sites (N-methyl/N-ethyl adjacent to an activating group) is 1. The number of nitrogens with two attached hydrogens (primary N) is 1. The molecule has 1 amide bonds. The highest BCUT2D eigenvalue weighted by Crippen LogP contribution is 2.31. The number of likely N-dealkylation sites (tertiary alicyclic amines) is 1. The number of carbonyl (C=O) groups is 1. The number of nitrogen functional groups attached to an aromatic ring is 1. The highest BCUT2D eigenvalue weighted by Gasteiger charge is 2.25. The summed E-state index contributed by atoms with van der Waals surface area (Å²) in [5.74, 6) is 0.902. The molecule has 0 unspecified atom stereocenters. The lowest BCUT2D eigenvalue weighted by molar-refractivity contribution is -0.133. The first-order valence-electron chi connectivity index (χ1n) is 10.9. The van der Waals surface area contributed by atoms with Gasteiger partial charge >= 0.3 is 0 Å². The smallest absolute Gasteiger partial charge is 0.236 e. The number of aromatic nitrogens is 5. The van der Waals surface area contributed by atoms with Crippen LogP contribution in [0.4, 0.5) is 5.82 Å². The topological polar surface area (TPSA) is 119 Å². The zero-order chi connectivity index (χ0) is 22.9. The van der Waals surface area contributed by atoms with Gasteiger partial charge in [0.1, 0.15) is 5.82 Å². The Labute approximate surface area is 191 Å². The van der Waals surface area contributed by atoms with E-state index >= 15 is 0 Å². The van der Waals surface area contributed by atoms with Crippen LogP contribution in [0.25, 0.3) is 33.8 Å². The molecule has 5 rings (SSSR count). The summed E-state index contributed by atoms with van der Waals surface area (Å²) in [7, 11) is 3.82. The Morgan fingerprint density at radius 3 is 2.79 bits per heavy atom. The molecule has 5 heterocycles. The van der Waals surface area contributed by atoms with Crippen molar-refractivity contribution in [3.8, 4) is 22.6 Å². The molecular formula is C23H26N8O2. The van der Waals surface area contributed by atoms with Gasteiger partial charge in [-0.1, -0.05) is 0 Å². The SMILES string of the molecule is CN(C)CC(=O)N1CCC(n2cc(-c3cnc(N)c(-c4nc5ncccc5o4)c3)cn2)CC1. The molecule has 1 aliphatic heterocycles. The summed E-state index contributed by atoms with van der Waals surface area (Å²) in [5, 5.41) is 4.59. The van der Waals surface area contributed by atoms with Crippen LogP contribution in [-0.4, -0.2) is 74.2 Å². The summed E-state index contributed by atoms with van der Waals surface area (Å²) >= 11 is 0. The lowest BCUT2D eigenvalue weighted by atomic mass is 10.0. The molecule has 0 bridgehead atoms. The molecule has 1 aliphatic rings. The van der Waals surface area contributed by atoms with Gasteiger partial charge in [-0.05, 0) is 45.1 Å². The van der Waals surface area contributed by atoms with E-state index in [1.165, 1.54) is 0 Å². The number of pyridine rings is 2. The van der Waals surface area contributed by atoms with Crippen molar-refractivity contribution >= 4 is 23.0 Å². The third-order valence-electron chi connectivity index (χ3n) is 5.89. The Morgan fingerprint density at radius 2 is 2.03 bits per heavy atom. The number of amides is 1. The lowest BCUT2D eigenvalue weighted by Gasteiger charge is -2.32. The predicted molar refractivity (Wildman–Crippen MR) is 124 cm³/mol. The van der Waals surface area contributed by atoms with Crippen LogP contribution in [0.5, 0.6) is 0 Å². The van der Waals surface area contributed by atoms with Crippen LogP contribution in [-0.2, 0) is 4.79 Å². The third kappa shape index (κ3) is 4.29. The van der Waals surface area contributed by atoms with Crippen molar-refractivity contribution in [2.75, 3.05) is 39.5 Å². The molecule has 4 aromatic rings. The first kappa shape index (κ1) is 21.1. The molecule has 0 spiro atoms. The van der Waals surface area contributed by atoms with Crippen LogP contribution >= 0.6 is 0 Å². The molecule has 2 N–H and O–H groups in total. The standard InChI is InChI=1S/C23H26N8O2/c1-29(2)14-20(32)30-8-5-17(6-9-30)31-13-16(12-27-31)15-10-18(21(24)26-11-15)23-28-22-19(33-23)4-3-7-25-22/h3-4,7,10-13,17H,5-6,8-9,14H2,1-2H3,(H2,24,26). The number of fused-ring (bicyclic) bond motifs is 1. The average Bonchev–Trinajstić information content (AvgIpc) is 3.47. The normalized spacial score (nSPS) is 14.9. The van der Waals surface area contributed by atoms with Gasteiger partial charge in [-0.2, -0.15) is 10.1 Å². The summed E-state index contributed by atoms with van der Waals surface area (Å²) in [6.07, 6.45) is 9.00. The van der Waals surface area contributed by atoms with Gasteiger partial charge in [0.15, 0.2) is 11.2 Å². The van der Waals surface area contributed by atoms with Crippen molar-refractivity contribution in [1.29, 1.82) is 0 Å². The highest BCUT2D eigenvalue weighted by atomic mass is 16.3. The van der Waals surface area contributed by atoms with Crippen LogP contribution in [0.3, 0.4) is 0 Å². The van der Waals surface area contributed by atoms with E-state index in [1.54, 1.807) is 18.5 Å². The minimum Gasteiger partial charge on any atom is -0.434 e. The molecule has 1 fully saturated rings. The second-order valence-electron chi connectivity index (χ2n) is 8.56. The summed E-state index contributed by atoms with van der Waals surface area (Å²) in [6, 6.07) is 5.78. The van der Waals surface area contributed by atoms with E-state index in [0.717, 1.165) is 37.1 Å². The Bertz CT molecular complexity index is 1250. The van der Waals surface area contributed by atoms with Crippen LogP contribution < -0.4 is 5.73 Å². The Kier molecular flexibility index (Phi) is 5.51. The van der Waals surface area contributed by atoms with E-state index in [-0.39, 0.29) is 11.9 Å². The molecule has 0 aliphatic carbocycles. The van der Waals surface area contributed by atoms with Crippen LogP contribution in [0.1, 0.15) is 18.9 Å². The number of hydrogen-bond donors (Lipinski definition) is 1. The van der Waals surface area contributed by atoms with E-state index in [4.69, 9.17) is 10.2 Å². The Hall–Kier alpha value is -3.79. The molecule has 0 atom stereocenters. The zero-order valence-corrected chi connectivity index (χ0v) is 18.7. The first-order chi connectivity index (χ1) is 16.0. The maximum atomic E-state index is 12.3. The lowest BCUT2D eigenvalue weighted by Crippen LogP contribution is -2.43. The number of piperidine rings is 1. The molecule has 0 saturated carbocycles. The Morgan fingerprint density at radius 1 is 1.21 bits per heavy atom. The van der Waals surface area contributed by atoms with E-state index in [2.05, 4.69) is 20.1 Å². The summed E-state index contributed by atoms with van der Waals surface area (Å²) in [6.45, 7) is 1.93. The molecule has 10 nitrogen and oxygen atoms in total. The summed E-state index contributed by atoms with van der Waals surface area (Å²) in [5.41, 5.74) is 9.67. The predicted octanol–water partition coefficient (Wildman–Crippen LogP) is 2.46. The molecule has 170 valence electrons. The van der Waals surface area contributed by atoms with E-state index in [9.17, 15) is 4.79 Å². The van der Waals surface area contributed by atoms with Gasteiger partial charge in [-0.15, -0.1) is 0 Å². The minimum atomic E-state index is 0.175. The quantitative estimate of drug-likeness (QED) is 0.496. The molecule has 1 saturated heterocycles. The molecule has 33 heavy (non-hydrogen) atoms. The maximum absolute atomic E-state index is 12.3. The van der Waals surface area contributed by atoms with Crippen LogP contribution in [0.15, 0.2) is 47.4 Å². The fourth-order valence-electron chi connectivity index (χ4n) is 4.13. The number of carbonyl (C=O) groups excluding carboxylic acids is 1. The van der Waals surface area contributed by atoms with E-state index in [1.807, 2.05) is 53.1 Å². The summed E-state index contributed by atoms with van der Waals surface area (Å²) < 4.78 is 7.82. The second kappa shape index (κ2) is 8.62. The molecule has 4 aromatic heterocycles. The van der Waals surface area contributed by atoms with Crippen molar-refractivity contribution < 1.29 is 9.21 Å². The number of nitrogens with zero attached hydrogens (tertiary/aromatic N) is 7. The van der Waals surface area contributed by atoms with Gasteiger partial charge in [0.05, 0.1) is 24.3 Å². The number of oxazole rings is 1. The summed E-state index contributed by atoms with van der Waals surface area (Å²) in [4.78, 5) is 29.2. The van der Waals surface area contributed by atoms with Gasteiger partial charge in [-0.3, -0.25) is 9.48 Å². The second-order valence-corrected chi connectivity index (χ2v) is 8.56. The molecule has 0 radical (unpaired) electrons. The van der Waals surface area contributed by atoms with Gasteiger partial charge in [0.25, 0.3) is 0 Å². The maximum Gasteiger partial charge on any atom is 0.236 e.